The van der Waals surface area contributed by atoms with Crippen LogP contribution in [0.15, 0.2) is 45.3 Å². The number of carbonyl (C=O) groups is 1. The highest BCUT2D eigenvalue weighted by Crippen LogP contribution is 2.26. The molecule has 5 heteroatoms. The van der Waals surface area contributed by atoms with E-state index in [0.717, 1.165) is 15.7 Å². The number of carbonyl (C=O) groups excluding carboxylic acids is 1. The fourth-order valence-electron chi connectivity index (χ4n) is 1.58. The Bertz CT molecular complexity index is 643. The van der Waals surface area contributed by atoms with Crippen LogP contribution >= 0.6 is 43.5 Å². The quantitative estimate of drug-likeness (QED) is 0.712. The van der Waals surface area contributed by atoms with Gasteiger partial charge in [-0.25, -0.2) is 0 Å². The summed E-state index contributed by atoms with van der Waals surface area (Å²) in [5, 5.41) is 3.37. The lowest BCUT2D eigenvalue weighted by atomic mass is 10.2. The van der Waals surface area contributed by atoms with E-state index in [4.69, 9.17) is 11.6 Å². The van der Waals surface area contributed by atoms with Crippen LogP contribution in [0.4, 0.5) is 5.69 Å². The second-order valence-corrected chi connectivity index (χ2v) is 6.21. The van der Waals surface area contributed by atoms with Crippen molar-refractivity contribution in [2.24, 2.45) is 0 Å². The Hall–Kier alpha value is -0.840. The largest absolute Gasteiger partial charge is 0.321 e. The summed E-state index contributed by atoms with van der Waals surface area (Å²) >= 11 is 12.7. The summed E-state index contributed by atoms with van der Waals surface area (Å²) in [4.78, 5) is 12.2. The minimum absolute atomic E-state index is 0.209. The molecule has 0 aliphatic rings. The Labute approximate surface area is 133 Å². The Morgan fingerprint density at radius 2 is 1.84 bits per heavy atom. The molecule has 0 saturated heterocycles. The number of benzene rings is 2. The van der Waals surface area contributed by atoms with Crippen LogP contribution in [-0.4, -0.2) is 5.91 Å². The first-order valence-corrected chi connectivity index (χ1v) is 7.46. The van der Waals surface area contributed by atoms with Crippen molar-refractivity contribution in [1.82, 2.24) is 0 Å². The van der Waals surface area contributed by atoms with Crippen molar-refractivity contribution >= 4 is 55.1 Å². The molecule has 0 aliphatic carbocycles. The van der Waals surface area contributed by atoms with Gasteiger partial charge in [0.05, 0.1) is 11.3 Å². The maximum Gasteiger partial charge on any atom is 0.256 e. The van der Waals surface area contributed by atoms with Gasteiger partial charge in [-0.15, -0.1) is 0 Å². The highest BCUT2D eigenvalue weighted by Gasteiger charge is 2.12. The molecule has 0 unspecified atom stereocenters. The molecule has 0 aliphatic heterocycles. The number of nitrogens with one attached hydrogen (secondary N) is 1. The van der Waals surface area contributed by atoms with Crippen LogP contribution in [0, 0.1) is 6.92 Å². The lowest BCUT2D eigenvalue weighted by Crippen LogP contribution is -2.13. The van der Waals surface area contributed by atoms with Crippen molar-refractivity contribution in [3.63, 3.8) is 0 Å². The Morgan fingerprint density at radius 3 is 2.53 bits per heavy atom. The van der Waals surface area contributed by atoms with Gasteiger partial charge in [-0.2, -0.15) is 0 Å². The molecule has 0 spiro atoms. The molecule has 0 fully saturated rings. The van der Waals surface area contributed by atoms with Crippen LogP contribution in [0.2, 0.25) is 5.02 Å². The van der Waals surface area contributed by atoms with E-state index in [1.807, 2.05) is 25.1 Å². The molecular weight excluding hydrogens is 393 g/mol. The lowest BCUT2D eigenvalue weighted by Gasteiger charge is -2.09. The van der Waals surface area contributed by atoms with Crippen molar-refractivity contribution in [2.75, 3.05) is 5.32 Å². The third-order valence-electron chi connectivity index (χ3n) is 2.55. The molecule has 2 rings (SSSR count). The van der Waals surface area contributed by atoms with Crippen LogP contribution in [0.25, 0.3) is 0 Å². The number of rotatable bonds is 2. The first-order valence-electron chi connectivity index (χ1n) is 5.50. The molecule has 2 aromatic rings. The first-order chi connectivity index (χ1) is 8.97. The Kier molecular flexibility index (Phi) is 4.66. The summed E-state index contributed by atoms with van der Waals surface area (Å²) < 4.78 is 1.55. The molecule has 0 aromatic heterocycles. The predicted octanol–water partition coefficient (Wildman–Crippen LogP) is 5.43. The van der Waals surface area contributed by atoms with Crippen molar-refractivity contribution in [3.05, 3.63) is 61.5 Å². The highest BCUT2D eigenvalue weighted by molar-refractivity contribution is 9.11. The number of anilines is 1. The van der Waals surface area contributed by atoms with Gasteiger partial charge in [0.2, 0.25) is 0 Å². The van der Waals surface area contributed by atoms with E-state index in [2.05, 4.69) is 37.2 Å². The molecule has 0 radical (unpaired) electrons. The van der Waals surface area contributed by atoms with Crippen LogP contribution in [-0.2, 0) is 0 Å². The summed E-state index contributed by atoms with van der Waals surface area (Å²) in [5.74, 6) is -0.209. The summed E-state index contributed by atoms with van der Waals surface area (Å²) in [6, 6.07) is 10.8. The van der Waals surface area contributed by atoms with Crippen molar-refractivity contribution < 1.29 is 4.79 Å². The molecule has 98 valence electrons. The minimum atomic E-state index is -0.209. The van der Waals surface area contributed by atoms with Gasteiger partial charge in [-0.1, -0.05) is 17.7 Å². The van der Waals surface area contributed by atoms with E-state index in [1.165, 1.54) is 0 Å². The second-order valence-electron chi connectivity index (χ2n) is 4.06. The molecule has 1 amide bonds. The van der Waals surface area contributed by atoms with E-state index in [-0.39, 0.29) is 5.91 Å². The smallest absolute Gasteiger partial charge is 0.256 e. The molecular formula is C14H10Br2ClNO. The van der Waals surface area contributed by atoms with E-state index in [0.29, 0.717) is 15.1 Å². The molecule has 2 aromatic carbocycles. The number of hydrogen-bond acceptors (Lipinski definition) is 1. The topological polar surface area (TPSA) is 29.1 Å². The van der Waals surface area contributed by atoms with Gasteiger partial charge in [0.1, 0.15) is 0 Å². The number of halogens is 3. The molecule has 0 atom stereocenters. The summed E-state index contributed by atoms with van der Waals surface area (Å²) in [5.41, 5.74) is 2.34. The normalized spacial score (nSPS) is 10.3. The van der Waals surface area contributed by atoms with E-state index in [1.54, 1.807) is 18.2 Å². The van der Waals surface area contributed by atoms with Crippen LogP contribution in [0.1, 0.15) is 15.9 Å². The highest BCUT2D eigenvalue weighted by atomic mass is 79.9. The lowest BCUT2D eigenvalue weighted by molar-refractivity contribution is 0.102. The van der Waals surface area contributed by atoms with E-state index >= 15 is 0 Å². The van der Waals surface area contributed by atoms with Crippen molar-refractivity contribution in [3.8, 4) is 0 Å². The number of amides is 1. The monoisotopic (exact) mass is 401 g/mol. The molecule has 0 saturated carbocycles. The van der Waals surface area contributed by atoms with E-state index < -0.39 is 0 Å². The molecule has 2 nitrogen and oxygen atoms in total. The minimum Gasteiger partial charge on any atom is -0.321 e. The predicted molar refractivity (Wildman–Crippen MR) is 86.0 cm³/mol. The van der Waals surface area contributed by atoms with Gasteiger partial charge in [0, 0.05) is 14.0 Å². The van der Waals surface area contributed by atoms with Gasteiger partial charge < -0.3 is 5.32 Å². The molecule has 19 heavy (non-hydrogen) atoms. The summed E-state index contributed by atoms with van der Waals surface area (Å²) in [6.07, 6.45) is 0. The van der Waals surface area contributed by atoms with Gasteiger partial charge in [-0.05, 0) is 74.7 Å². The average Bonchev–Trinajstić information content (AvgIpc) is 2.35. The van der Waals surface area contributed by atoms with Crippen LogP contribution < -0.4 is 5.32 Å². The van der Waals surface area contributed by atoms with Gasteiger partial charge >= 0.3 is 0 Å². The zero-order chi connectivity index (χ0) is 14.0. The van der Waals surface area contributed by atoms with Gasteiger partial charge in [-0.3, -0.25) is 4.79 Å². The summed E-state index contributed by atoms with van der Waals surface area (Å²) in [6.45, 7) is 1.99. The van der Waals surface area contributed by atoms with Crippen molar-refractivity contribution in [1.29, 1.82) is 0 Å². The second kappa shape index (κ2) is 6.07. The maximum atomic E-state index is 12.2. The zero-order valence-electron chi connectivity index (χ0n) is 10.0. The standard InChI is InChI=1S/C14H10Br2ClNO/c1-8-2-5-13(12(16)6-8)18-14(19)10-7-9(17)3-4-11(10)15/h2-7H,1H3,(H,18,19). The van der Waals surface area contributed by atoms with Crippen molar-refractivity contribution in [2.45, 2.75) is 6.92 Å². The Morgan fingerprint density at radius 1 is 1.11 bits per heavy atom. The fourth-order valence-corrected chi connectivity index (χ4v) is 2.77. The zero-order valence-corrected chi connectivity index (χ0v) is 13.9. The molecule has 0 heterocycles. The first kappa shape index (κ1) is 14.6. The average molecular weight is 404 g/mol. The Balaban J connectivity index is 2.28. The van der Waals surface area contributed by atoms with E-state index in [9.17, 15) is 4.79 Å². The van der Waals surface area contributed by atoms with Gasteiger partial charge in [0.25, 0.3) is 5.91 Å². The fraction of sp³-hybridized carbons (Fsp3) is 0.0714. The third-order valence-corrected chi connectivity index (χ3v) is 4.13. The summed E-state index contributed by atoms with van der Waals surface area (Å²) in [7, 11) is 0. The van der Waals surface area contributed by atoms with Gasteiger partial charge in [0.15, 0.2) is 0 Å². The van der Waals surface area contributed by atoms with Crippen LogP contribution in [0.5, 0.6) is 0 Å². The molecule has 1 N–H and O–H groups in total. The number of hydrogen-bond donors (Lipinski definition) is 1. The maximum absolute atomic E-state index is 12.2. The SMILES string of the molecule is Cc1ccc(NC(=O)c2cc(Cl)ccc2Br)c(Br)c1. The number of aryl methyl sites for hydroxylation is 1. The third kappa shape index (κ3) is 3.59. The van der Waals surface area contributed by atoms with Crippen LogP contribution in [0.3, 0.4) is 0 Å². The molecule has 0 bridgehead atoms.